The number of carbonyl (C=O) groups is 2. The third kappa shape index (κ3) is 6.12. The SMILES string of the molecule is CN[C@@H](C)C(=O)N[C@H](C(=O)N1c2ncccc2C[C@H]1CNS(=O)(=O)c1ccccc1)C(C)C.Cl. The third-order valence-corrected chi connectivity index (χ3v) is 7.21. The lowest BCUT2D eigenvalue weighted by atomic mass is 10.0. The second-order valence-electron chi connectivity index (χ2n) is 8.46. The topological polar surface area (TPSA) is 120 Å². The smallest absolute Gasteiger partial charge is 0.251 e. The van der Waals surface area contributed by atoms with Crippen LogP contribution in [-0.4, -0.2) is 56.9 Å². The predicted octanol–water partition coefficient (Wildman–Crippen LogP) is 1.49. The highest BCUT2D eigenvalue weighted by Gasteiger charge is 2.40. The molecular weight excluding hydrogens is 478 g/mol. The van der Waals surface area contributed by atoms with E-state index in [2.05, 4.69) is 20.3 Å². The number of rotatable bonds is 9. The highest BCUT2D eigenvalue weighted by molar-refractivity contribution is 7.89. The van der Waals surface area contributed by atoms with E-state index in [1.807, 2.05) is 19.9 Å². The summed E-state index contributed by atoms with van der Waals surface area (Å²) in [4.78, 5) is 32.2. The molecule has 11 heteroatoms. The van der Waals surface area contributed by atoms with Crippen molar-refractivity contribution >= 4 is 40.1 Å². The second-order valence-corrected chi connectivity index (χ2v) is 10.2. The van der Waals surface area contributed by atoms with Crippen LogP contribution in [0, 0.1) is 5.92 Å². The van der Waals surface area contributed by atoms with E-state index in [-0.39, 0.29) is 41.6 Å². The van der Waals surface area contributed by atoms with Crippen LogP contribution < -0.4 is 20.3 Å². The van der Waals surface area contributed by atoms with Crippen LogP contribution in [0.25, 0.3) is 0 Å². The molecule has 186 valence electrons. The van der Waals surface area contributed by atoms with Gasteiger partial charge in [0.25, 0.3) is 5.91 Å². The molecule has 9 nitrogen and oxygen atoms in total. The molecule has 2 aromatic rings. The van der Waals surface area contributed by atoms with Gasteiger partial charge < -0.3 is 10.6 Å². The molecule has 1 aliphatic rings. The van der Waals surface area contributed by atoms with Crippen molar-refractivity contribution in [1.29, 1.82) is 0 Å². The third-order valence-electron chi connectivity index (χ3n) is 5.77. The van der Waals surface area contributed by atoms with Gasteiger partial charge in [-0.2, -0.15) is 0 Å². The standard InChI is InChI=1S/C23H31N5O4S.ClH/c1-15(2)20(27-22(29)16(3)24-4)23(30)28-18(13-17-9-8-12-25-21(17)28)14-26-33(31,32)19-10-6-5-7-11-19;/h5-12,15-16,18,20,24,26H,13-14H2,1-4H3,(H,27,29);1H/t16-,18-,20-;/m0./s1. The fourth-order valence-corrected chi connectivity index (χ4v) is 4.83. The summed E-state index contributed by atoms with van der Waals surface area (Å²) >= 11 is 0. The molecule has 0 aliphatic carbocycles. The lowest BCUT2D eigenvalue weighted by Gasteiger charge is -2.31. The Morgan fingerprint density at radius 2 is 1.79 bits per heavy atom. The molecule has 0 radical (unpaired) electrons. The lowest BCUT2D eigenvalue weighted by Crippen LogP contribution is -2.57. The Balaban J connectivity index is 0.00000408. The summed E-state index contributed by atoms with van der Waals surface area (Å²) in [6.07, 6.45) is 2.06. The predicted molar refractivity (Wildman–Crippen MR) is 133 cm³/mol. The van der Waals surface area contributed by atoms with Crippen molar-refractivity contribution < 1.29 is 18.0 Å². The Hall–Kier alpha value is -2.53. The van der Waals surface area contributed by atoms with E-state index in [1.54, 1.807) is 44.4 Å². The van der Waals surface area contributed by atoms with E-state index < -0.39 is 28.1 Å². The van der Waals surface area contributed by atoms with Crippen LogP contribution >= 0.6 is 12.4 Å². The quantitative estimate of drug-likeness (QED) is 0.471. The first kappa shape index (κ1) is 27.7. The summed E-state index contributed by atoms with van der Waals surface area (Å²) in [5, 5.41) is 5.70. The number of aromatic nitrogens is 1. The highest BCUT2D eigenvalue weighted by Crippen LogP contribution is 2.31. The zero-order chi connectivity index (χ0) is 24.2. The molecule has 0 spiro atoms. The summed E-state index contributed by atoms with van der Waals surface area (Å²) in [5.74, 6) is -0.290. The minimum Gasteiger partial charge on any atom is -0.343 e. The van der Waals surface area contributed by atoms with Crippen molar-refractivity contribution in [2.75, 3.05) is 18.5 Å². The summed E-state index contributed by atoms with van der Waals surface area (Å²) in [5.41, 5.74) is 0.854. The molecule has 0 bridgehead atoms. The first-order chi connectivity index (χ1) is 15.7. The molecule has 2 heterocycles. The number of sulfonamides is 1. The van der Waals surface area contributed by atoms with Crippen molar-refractivity contribution in [1.82, 2.24) is 20.3 Å². The van der Waals surface area contributed by atoms with Gasteiger partial charge in [0.2, 0.25) is 15.9 Å². The van der Waals surface area contributed by atoms with Gasteiger partial charge in [-0.3, -0.25) is 14.5 Å². The van der Waals surface area contributed by atoms with Crippen LogP contribution in [0.2, 0.25) is 0 Å². The van der Waals surface area contributed by atoms with Crippen LogP contribution in [0.5, 0.6) is 0 Å². The molecule has 0 unspecified atom stereocenters. The summed E-state index contributed by atoms with van der Waals surface area (Å²) in [7, 11) is -2.07. The largest absolute Gasteiger partial charge is 0.343 e. The highest BCUT2D eigenvalue weighted by atomic mass is 35.5. The van der Waals surface area contributed by atoms with Crippen molar-refractivity contribution in [3.63, 3.8) is 0 Å². The van der Waals surface area contributed by atoms with Gasteiger partial charge in [-0.15, -0.1) is 12.4 Å². The number of amides is 2. The van der Waals surface area contributed by atoms with E-state index in [0.29, 0.717) is 12.2 Å². The molecule has 0 fully saturated rings. The minimum atomic E-state index is -3.74. The number of benzene rings is 1. The Kier molecular flexibility index (Phi) is 9.57. The van der Waals surface area contributed by atoms with E-state index in [4.69, 9.17) is 0 Å². The van der Waals surface area contributed by atoms with Gasteiger partial charge in [0.1, 0.15) is 11.9 Å². The normalized spacial score (nSPS) is 17.0. The van der Waals surface area contributed by atoms with E-state index in [9.17, 15) is 18.0 Å². The minimum absolute atomic E-state index is 0. The summed E-state index contributed by atoms with van der Waals surface area (Å²) < 4.78 is 28.1. The number of fused-ring (bicyclic) bond motifs is 1. The maximum absolute atomic E-state index is 13.7. The average Bonchev–Trinajstić information content (AvgIpc) is 3.19. The van der Waals surface area contributed by atoms with Crippen LogP contribution in [0.3, 0.4) is 0 Å². The second kappa shape index (κ2) is 11.7. The van der Waals surface area contributed by atoms with Crippen LogP contribution in [0.1, 0.15) is 26.3 Å². The van der Waals surface area contributed by atoms with Gasteiger partial charge in [0.05, 0.1) is 17.0 Å². The Morgan fingerprint density at radius 3 is 2.41 bits per heavy atom. The van der Waals surface area contributed by atoms with Gasteiger partial charge >= 0.3 is 0 Å². The van der Waals surface area contributed by atoms with E-state index in [0.717, 1.165) is 5.56 Å². The molecule has 1 aromatic heterocycles. The van der Waals surface area contributed by atoms with Crippen molar-refractivity contribution in [3.8, 4) is 0 Å². The fraction of sp³-hybridized carbons (Fsp3) is 0.435. The molecule has 0 saturated carbocycles. The zero-order valence-corrected chi connectivity index (χ0v) is 21.3. The molecule has 2 amide bonds. The van der Waals surface area contributed by atoms with Crippen LogP contribution in [0.15, 0.2) is 53.6 Å². The molecule has 0 saturated heterocycles. The number of pyridine rings is 1. The Labute approximate surface area is 207 Å². The van der Waals surface area contributed by atoms with E-state index >= 15 is 0 Å². The number of likely N-dealkylation sites (N-methyl/N-ethyl adjacent to an activating group) is 1. The van der Waals surface area contributed by atoms with Gasteiger partial charge in [-0.25, -0.2) is 18.1 Å². The molecule has 3 rings (SSSR count). The zero-order valence-electron chi connectivity index (χ0n) is 19.7. The first-order valence-corrected chi connectivity index (χ1v) is 12.4. The number of carbonyl (C=O) groups excluding carboxylic acids is 2. The fourth-order valence-electron chi connectivity index (χ4n) is 3.73. The first-order valence-electron chi connectivity index (χ1n) is 10.9. The Bertz CT molecular complexity index is 1100. The molecule has 1 aliphatic heterocycles. The maximum Gasteiger partial charge on any atom is 0.251 e. The van der Waals surface area contributed by atoms with Crippen molar-refractivity contribution in [2.24, 2.45) is 5.92 Å². The number of nitrogens with zero attached hydrogens (tertiary/aromatic N) is 2. The Morgan fingerprint density at radius 1 is 1.12 bits per heavy atom. The molecule has 3 atom stereocenters. The van der Waals surface area contributed by atoms with Gasteiger partial charge in [-0.05, 0) is 50.1 Å². The molecule has 1 aromatic carbocycles. The van der Waals surface area contributed by atoms with Gasteiger partial charge in [0.15, 0.2) is 0 Å². The number of hydrogen-bond donors (Lipinski definition) is 3. The number of halogens is 1. The maximum atomic E-state index is 13.7. The molecule has 3 N–H and O–H groups in total. The van der Waals surface area contributed by atoms with Crippen LogP contribution in [0.4, 0.5) is 5.82 Å². The number of anilines is 1. The molecular formula is C23H32ClN5O4S. The summed E-state index contributed by atoms with van der Waals surface area (Å²) in [6.45, 7) is 5.45. The van der Waals surface area contributed by atoms with Crippen molar-refractivity contribution in [3.05, 3.63) is 54.2 Å². The van der Waals surface area contributed by atoms with Crippen LogP contribution in [-0.2, 0) is 26.0 Å². The van der Waals surface area contributed by atoms with Gasteiger partial charge in [-0.1, -0.05) is 38.1 Å². The molecule has 34 heavy (non-hydrogen) atoms. The average molecular weight is 510 g/mol. The number of hydrogen-bond acceptors (Lipinski definition) is 6. The monoisotopic (exact) mass is 509 g/mol. The van der Waals surface area contributed by atoms with Gasteiger partial charge in [0, 0.05) is 12.7 Å². The lowest BCUT2D eigenvalue weighted by molar-refractivity contribution is -0.129. The summed E-state index contributed by atoms with van der Waals surface area (Å²) in [6, 6.07) is 10.0. The van der Waals surface area contributed by atoms with E-state index in [1.165, 1.54) is 17.0 Å². The van der Waals surface area contributed by atoms with Crippen molar-refractivity contribution in [2.45, 2.75) is 50.2 Å². The number of nitrogens with one attached hydrogen (secondary N) is 3.